The molecule has 1 N–H and O–H groups in total. The van der Waals surface area contributed by atoms with Crippen molar-refractivity contribution in [2.24, 2.45) is 0 Å². The number of amides is 1. The standard InChI is InChI=1S/C27H31N5O4S2/c1-4-21-7-5-6-14-31(21)38(34,35)23-12-9-20(10-13-23)28-25(33)17-37-27-30-29-26-18(2)15-19-8-11-22(36-3)16-24(19)32(26)27/h8-13,15-16,21H,4-7,14,17H2,1-3H3,(H,28,33)/t21-/m0/s1. The number of thioether (sulfide) groups is 1. The van der Waals surface area contributed by atoms with E-state index < -0.39 is 10.0 Å². The molecule has 5 rings (SSSR count). The van der Waals surface area contributed by atoms with Crippen LogP contribution in [0.1, 0.15) is 38.2 Å². The van der Waals surface area contributed by atoms with Crippen molar-refractivity contribution in [3.63, 3.8) is 0 Å². The number of methoxy groups -OCH3 is 1. The van der Waals surface area contributed by atoms with Gasteiger partial charge in [-0.15, -0.1) is 10.2 Å². The number of fused-ring (bicyclic) bond motifs is 3. The molecule has 0 aliphatic carbocycles. The number of aryl methyl sites for hydroxylation is 1. The molecule has 1 atom stereocenters. The summed E-state index contributed by atoms with van der Waals surface area (Å²) in [5, 5.41) is 13.1. The van der Waals surface area contributed by atoms with Gasteiger partial charge in [0.1, 0.15) is 5.75 Å². The van der Waals surface area contributed by atoms with Gasteiger partial charge in [-0.05, 0) is 79.6 Å². The highest BCUT2D eigenvalue weighted by atomic mass is 32.2. The number of carbonyl (C=O) groups excluding carboxylic acids is 1. The summed E-state index contributed by atoms with van der Waals surface area (Å²) in [6, 6.07) is 14.3. The fourth-order valence-corrected chi connectivity index (χ4v) is 7.48. The number of hydrogen-bond donors (Lipinski definition) is 1. The Hall–Kier alpha value is -3.15. The van der Waals surface area contributed by atoms with E-state index in [1.807, 2.05) is 36.4 Å². The van der Waals surface area contributed by atoms with Gasteiger partial charge in [-0.1, -0.05) is 25.1 Å². The first-order valence-corrected chi connectivity index (χ1v) is 15.1. The van der Waals surface area contributed by atoms with Crippen LogP contribution in [0.5, 0.6) is 5.75 Å². The van der Waals surface area contributed by atoms with E-state index in [4.69, 9.17) is 4.74 Å². The Morgan fingerprint density at radius 1 is 1.13 bits per heavy atom. The number of hydrogen-bond acceptors (Lipinski definition) is 7. The molecule has 38 heavy (non-hydrogen) atoms. The zero-order chi connectivity index (χ0) is 26.9. The average molecular weight is 554 g/mol. The first kappa shape index (κ1) is 26.5. The number of pyridine rings is 1. The van der Waals surface area contributed by atoms with Crippen LogP contribution >= 0.6 is 11.8 Å². The normalized spacial score (nSPS) is 16.7. The van der Waals surface area contributed by atoms with Crippen LogP contribution in [0, 0.1) is 6.92 Å². The van der Waals surface area contributed by atoms with E-state index in [-0.39, 0.29) is 22.6 Å². The molecule has 1 aliphatic rings. The number of benzene rings is 2. The van der Waals surface area contributed by atoms with Gasteiger partial charge < -0.3 is 10.1 Å². The largest absolute Gasteiger partial charge is 0.497 e. The summed E-state index contributed by atoms with van der Waals surface area (Å²) in [6.07, 6.45) is 3.63. The average Bonchev–Trinajstić information content (AvgIpc) is 3.37. The molecule has 0 bridgehead atoms. The first-order chi connectivity index (χ1) is 18.3. The molecule has 4 aromatic rings. The zero-order valence-electron chi connectivity index (χ0n) is 21.7. The predicted molar refractivity (Wildman–Crippen MR) is 149 cm³/mol. The Balaban J connectivity index is 1.29. The topological polar surface area (TPSA) is 106 Å². The molecule has 2 aromatic carbocycles. The second kappa shape index (κ2) is 10.9. The molecule has 2 aromatic heterocycles. The van der Waals surface area contributed by atoms with Crippen molar-refractivity contribution in [2.45, 2.75) is 55.6 Å². The van der Waals surface area contributed by atoms with Crippen molar-refractivity contribution in [1.82, 2.24) is 18.9 Å². The molecule has 200 valence electrons. The van der Waals surface area contributed by atoms with Crippen LogP contribution in [0.25, 0.3) is 16.6 Å². The van der Waals surface area contributed by atoms with E-state index in [1.165, 1.54) is 11.8 Å². The van der Waals surface area contributed by atoms with Gasteiger partial charge in [0, 0.05) is 24.3 Å². The quantitative estimate of drug-likeness (QED) is 0.310. The molecule has 1 aliphatic heterocycles. The number of piperidine rings is 1. The minimum Gasteiger partial charge on any atom is -0.497 e. The number of aromatic nitrogens is 3. The Morgan fingerprint density at radius 3 is 2.66 bits per heavy atom. The van der Waals surface area contributed by atoms with Crippen molar-refractivity contribution >= 4 is 49.9 Å². The lowest BCUT2D eigenvalue weighted by Gasteiger charge is -2.34. The molecular weight excluding hydrogens is 522 g/mol. The summed E-state index contributed by atoms with van der Waals surface area (Å²) in [5.41, 5.74) is 3.15. The Morgan fingerprint density at radius 2 is 1.92 bits per heavy atom. The molecule has 0 spiro atoms. The number of rotatable bonds is 8. The highest BCUT2D eigenvalue weighted by Crippen LogP contribution is 2.29. The molecular formula is C27H31N5O4S2. The maximum Gasteiger partial charge on any atom is 0.243 e. The molecule has 1 amide bonds. The van der Waals surface area contributed by atoms with Crippen LogP contribution in [-0.4, -0.2) is 58.7 Å². The van der Waals surface area contributed by atoms with Gasteiger partial charge in [0.2, 0.25) is 15.9 Å². The van der Waals surface area contributed by atoms with Crippen LogP contribution in [0.4, 0.5) is 5.69 Å². The lowest BCUT2D eigenvalue weighted by Crippen LogP contribution is -2.43. The third-order valence-electron chi connectivity index (χ3n) is 6.96. The monoisotopic (exact) mass is 553 g/mol. The van der Waals surface area contributed by atoms with Crippen LogP contribution in [0.2, 0.25) is 0 Å². The molecule has 1 saturated heterocycles. The summed E-state index contributed by atoms with van der Waals surface area (Å²) in [4.78, 5) is 13.0. The molecule has 11 heteroatoms. The second-order valence-corrected chi connectivity index (χ2v) is 12.3. The van der Waals surface area contributed by atoms with E-state index in [2.05, 4.69) is 21.6 Å². The third kappa shape index (κ3) is 5.10. The molecule has 1 fully saturated rings. The summed E-state index contributed by atoms with van der Waals surface area (Å²) in [5.74, 6) is 0.617. The van der Waals surface area contributed by atoms with E-state index >= 15 is 0 Å². The minimum atomic E-state index is -3.57. The summed E-state index contributed by atoms with van der Waals surface area (Å²) in [6.45, 7) is 4.56. The maximum absolute atomic E-state index is 13.2. The molecule has 9 nitrogen and oxygen atoms in total. The number of sulfonamides is 1. The highest BCUT2D eigenvalue weighted by Gasteiger charge is 2.32. The fourth-order valence-electron chi connectivity index (χ4n) is 4.97. The highest BCUT2D eigenvalue weighted by molar-refractivity contribution is 7.99. The summed E-state index contributed by atoms with van der Waals surface area (Å²) in [7, 11) is -1.94. The molecule has 0 saturated carbocycles. The first-order valence-electron chi connectivity index (χ1n) is 12.7. The van der Waals surface area contributed by atoms with Gasteiger partial charge >= 0.3 is 0 Å². The third-order valence-corrected chi connectivity index (χ3v) is 9.85. The Bertz CT molecular complexity index is 1580. The second-order valence-electron chi connectivity index (χ2n) is 9.43. The van der Waals surface area contributed by atoms with Gasteiger partial charge in [-0.2, -0.15) is 4.31 Å². The number of anilines is 1. The van der Waals surface area contributed by atoms with Crippen molar-refractivity contribution in [3.05, 3.63) is 54.1 Å². The van der Waals surface area contributed by atoms with Gasteiger partial charge in [0.15, 0.2) is 10.8 Å². The van der Waals surface area contributed by atoms with E-state index in [0.29, 0.717) is 17.4 Å². The summed E-state index contributed by atoms with van der Waals surface area (Å²) >= 11 is 1.28. The van der Waals surface area contributed by atoms with E-state index in [0.717, 1.165) is 53.5 Å². The molecule has 0 unspecified atom stereocenters. The van der Waals surface area contributed by atoms with Crippen LogP contribution in [0.15, 0.2) is 58.6 Å². The Labute approximate surface area is 226 Å². The SMILES string of the molecule is CC[C@H]1CCCCN1S(=O)(=O)c1ccc(NC(=O)CSc2nnc3c(C)cc4ccc(OC)cc4n23)cc1. The molecule has 3 heterocycles. The van der Waals surface area contributed by atoms with Crippen molar-refractivity contribution in [1.29, 1.82) is 0 Å². The fraction of sp³-hybridized carbons (Fsp3) is 0.370. The van der Waals surface area contributed by atoms with E-state index in [1.54, 1.807) is 35.7 Å². The number of nitrogens with zero attached hydrogens (tertiary/aromatic N) is 4. The van der Waals surface area contributed by atoms with Gasteiger partial charge in [-0.25, -0.2) is 8.42 Å². The predicted octanol–water partition coefficient (Wildman–Crippen LogP) is 4.88. The van der Waals surface area contributed by atoms with Crippen LogP contribution in [-0.2, 0) is 14.8 Å². The maximum atomic E-state index is 13.2. The lowest BCUT2D eigenvalue weighted by molar-refractivity contribution is -0.113. The minimum absolute atomic E-state index is 0.0420. The number of carbonyl (C=O) groups is 1. The molecule has 0 radical (unpaired) electrons. The van der Waals surface area contributed by atoms with Gasteiger partial charge in [0.05, 0.1) is 23.3 Å². The number of nitrogens with one attached hydrogen (secondary N) is 1. The van der Waals surface area contributed by atoms with Crippen molar-refractivity contribution < 1.29 is 17.9 Å². The Kier molecular flexibility index (Phi) is 7.60. The van der Waals surface area contributed by atoms with Crippen LogP contribution < -0.4 is 10.1 Å². The lowest BCUT2D eigenvalue weighted by atomic mass is 10.0. The van der Waals surface area contributed by atoms with Crippen LogP contribution in [0.3, 0.4) is 0 Å². The smallest absolute Gasteiger partial charge is 0.243 e. The number of ether oxygens (including phenoxy) is 1. The van der Waals surface area contributed by atoms with Crippen molar-refractivity contribution in [3.8, 4) is 5.75 Å². The summed E-state index contributed by atoms with van der Waals surface area (Å²) < 4.78 is 35.4. The van der Waals surface area contributed by atoms with Gasteiger partial charge in [0.25, 0.3) is 0 Å². The van der Waals surface area contributed by atoms with Crippen molar-refractivity contribution in [2.75, 3.05) is 24.7 Å². The zero-order valence-corrected chi connectivity index (χ0v) is 23.3. The van der Waals surface area contributed by atoms with E-state index in [9.17, 15) is 13.2 Å². The van der Waals surface area contributed by atoms with Gasteiger partial charge in [-0.3, -0.25) is 9.20 Å².